The van der Waals surface area contributed by atoms with Crippen LogP contribution in [0.15, 0.2) is 45.4 Å². The molecule has 0 amide bonds. The summed E-state index contributed by atoms with van der Waals surface area (Å²) in [6, 6.07) is 10.4. The van der Waals surface area contributed by atoms with E-state index in [1.807, 2.05) is 6.07 Å². The Balaban J connectivity index is 1.94. The van der Waals surface area contributed by atoms with Gasteiger partial charge in [-0.1, -0.05) is 18.2 Å². The first-order valence-corrected chi connectivity index (χ1v) is 9.69. The predicted molar refractivity (Wildman–Crippen MR) is 109 cm³/mol. The van der Waals surface area contributed by atoms with Crippen LogP contribution >= 0.6 is 31.9 Å². The number of benzene rings is 2. The van der Waals surface area contributed by atoms with Gasteiger partial charge >= 0.3 is 0 Å². The maximum atomic E-state index is 6.71. The van der Waals surface area contributed by atoms with E-state index in [-0.39, 0.29) is 5.41 Å². The van der Waals surface area contributed by atoms with Gasteiger partial charge in [-0.05, 0) is 75.6 Å². The molecule has 1 spiro atoms. The van der Waals surface area contributed by atoms with E-state index in [9.17, 15) is 0 Å². The zero-order chi connectivity index (χ0) is 18.0. The van der Waals surface area contributed by atoms with Crippen LogP contribution in [0.5, 0.6) is 11.5 Å². The molecule has 1 unspecified atom stereocenters. The molecule has 0 N–H and O–H groups in total. The first kappa shape index (κ1) is 17.0. The molecule has 4 rings (SSSR count). The lowest BCUT2D eigenvalue weighted by Gasteiger charge is -2.46. The number of rotatable bonds is 1. The minimum absolute atomic E-state index is 0.225. The van der Waals surface area contributed by atoms with Crippen LogP contribution in [0, 0.1) is 0 Å². The molecule has 2 aliphatic rings. The van der Waals surface area contributed by atoms with Crippen LogP contribution in [-0.4, -0.2) is 19.9 Å². The minimum Gasteiger partial charge on any atom is -0.493 e. The van der Waals surface area contributed by atoms with Crippen molar-refractivity contribution in [2.45, 2.75) is 25.0 Å². The van der Waals surface area contributed by atoms with E-state index < -0.39 is 5.72 Å². The van der Waals surface area contributed by atoms with Gasteiger partial charge in [-0.15, -0.1) is 0 Å². The Morgan fingerprint density at radius 2 is 1.88 bits per heavy atom. The highest BCUT2D eigenvalue weighted by atomic mass is 79.9. The topological polar surface area (TPSA) is 21.7 Å². The van der Waals surface area contributed by atoms with Crippen LogP contribution in [0.1, 0.15) is 25.0 Å². The molecule has 0 aliphatic carbocycles. The third-order valence-electron chi connectivity index (χ3n) is 5.46. The summed E-state index contributed by atoms with van der Waals surface area (Å²) in [5.41, 5.74) is 2.62. The number of nitrogens with zero attached hydrogens (tertiary/aromatic N) is 1. The lowest BCUT2D eigenvalue weighted by Crippen LogP contribution is -2.58. The first-order chi connectivity index (χ1) is 11.8. The third-order valence-corrected chi connectivity index (χ3v) is 7.47. The van der Waals surface area contributed by atoms with Gasteiger partial charge in [0, 0.05) is 27.2 Å². The van der Waals surface area contributed by atoms with Gasteiger partial charge in [-0.2, -0.15) is 0 Å². The Labute approximate surface area is 164 Å². The molecule has 2 heterocycles. The van der Waals surface area contributed by atoms with Gasteiger partial charge in [0.1, 0.15) is 0 Å². The minimum atomic E-state index is -0.607. The smallest absolute Gasteiger partial charge is 0.212 e. The lowest BCUT2D eigenvalue weighted by molar-refractivity contribution is 0.0551. The Kier molecular flexibility index (Phi) is 3.75. The maximum Gasteiger partial charge on any atom is 0.212 e. The molecule has 0 aromatic heterocycles. The van der Waals surface area contributed by atoms with Crippen molar-refractivity contribution in [2.75, 3.05) is 19.1 Å². The van der Waals surface area contributed by atoms with Gasteiger partial charge in [0.15, 0.2) is 11.5 Å². The summed E-state index contributed by atoms with van der Waals surface area (Å²) in [5.74, 6) is 1.47. The van der Waals surface area contributed by atoms with Crippen molar-refractivity contribution in [1.82, 2.24) is 0 Å². The number of hydrogen-bond acceptors (Lipinski definition) is 3. The summed E-state index contributed by atoms with van der Waals surface area (Å²) in [5, 5.41) is 0. The van der Waals surface area contributed by atoms with E-state index in [2.05, 4.69) is 94.1 Å². The Bertz CT molecular complexity index is 907. The van der Waals surface area contributed by atoms with Crippen LogP contribution in [0.4, 0.5) is 5.69 Å². The van der Waals surface area contributed by atoms with E-state index in [1.54, 1.807) is 7.11 Å². The number of fused-ring (bicyclic) bond motifs is 2. The van der Waals surface area contributed by atoms with Crippen LogP contribution in [0.2, 0.25) is 0 Å². The monoisotopic (exact) mass is 463 g/mol. The number of likely N-dealkylation sites (N-methyl/N-ethyl adjacent to an activating group) is 1. The Morgan fingerprint density at radius 1 is 1.16 bits per heavy atom. The van der Waals surface area contributed by atoms with Gasteiger partial charge in [0.05, 0.1) is 12.5 Å². The van der Waals surface area contributed by atoms with Crippen molar-refractivity contribution in [3.8, 4) is 11.5 Å². The average Bonchev–Trinajstić information content (AvgIpc) is 2.77. The predicted octanol–water partition coefficient (Wildman–Crippen LogP) is 5.75. The molecule has 0 bridgehead atoms. The van der Waals surface area contributed by atoms with Crippen molar-refractivity contribution in [3.05, 3.63) is 56.5 Å². The van der Waals surface area contributed by atoms with Crippen molar-refractivity contribution < 1.29 is 9.47 Å². The molecule has 3 nitrogen and oxygen atoms in total. The fourth-order valence-electron chi connectivity index (χ4n) is 4.00. The zero-order valence-electron chi connectivity index (χ0n) is 14.6. The number of hydrogen-bond donors (Lipinski definition) is 0. The average molecular weight is 465 g/mol. The van der Waals surface area contributed by atoms with Crippen molar-refractivity contribution >= 4 is 43.6 Å². The van der Waals surface area contributed by atoms with Gasteiger partial charge in [-0.3, -0.25) is 0 Å². The van der Waals surface area contributed by atoms with E-state index in [1.165, 1.54) is 11.3 Å². The molecule has 0 radical (unpaired) electrons. The number of ether oxygens (including phenoxy) is 2. The molecule has 130 valence electrons. The molecule has 2 aromatic rings. The second-order valence-electron chi connectivity index (χ2n) is 6.95. The van der Waals surface area contributed by atoms with Crippen molar-refractivity contribution in [1.29, 1.82) is 0 Å². The van der Waals surface area contributed by atoms with Gasteiger partial charge < -0.3 is 14.4 Å². The molecule has 5 heteroatoms. The number of methoxy groups -OCH3 is 1. The van der Waals surface area contributed by atoms with E-state index >= 15 is 0 Å². The molecule has 2 aliphatic heterocycles. The number of para-hydroxylation sites is 1. The van der Waals surface area contributed by atoms with Crippen LogP contribution < -0.4 is 14.4 Å². The second-order valence-corrected chi connectivity index (χ2v) is 8.60. The van der Waals surface area contributed by atoms with Crippen LogP contribution in [0.3, 0.4) is 0 Å². The summed E-state index contributed by atoms with van der Waals surface area (Å²) in [4.78, 5) is 2.22. The summed E-state index contributed by atoms with van der Waals surface area (Å²) in [7, 11) is 3.76. The Hall–Kier alpha value is -1.46. The van der Waals surface area contributed by atoms with Gasteiger partial charge in [0.25, 0.3) is 0 Å². The lowest BCUT2D eigenvalue weighted by atomic mass is 9.76. The Morgan fingerprint density at radius 3 is 2.56 bits per heavy atom. The molecular formula is C20H19Br2NO2. The molecular weight excluding hydrogens is 446 g/mol. The second kappa shape index (κ2) is 5.52. The van der Waals surface area contributed by atoms with Crippen molar-refractivity contribution in [3.63, 3.8) is 0 Å². The molecule has 0 saturated carbocycles. The molecule has 25 heavy (non-hydrogen) atoms. The summed E-state index contributed by atoms with van der Waals surface area (Å²) >= 11 is 7.22. The fraction of sp³-hybridized carbons (Fsp3) is 0.300. The molecule has 0 fully saturated rings. The summed E-state index contributed by atoms with van der Waals surface area (Å²) in [6.07, 6.45) is 4.28. The molecule has 1 atom stereocenters. The SMILES string of the molecule is COc1cc(Br)c(Br)c2c1OC1(C=C2)N(C)c2ccccc2C1(C)C. The van der Waals surface area contributed by atoms with Gasteiger partial charge in [0.2, 0.25) is 5.72 Å². The summed E-state index contributed by atoms with van der Waals surface area (Å²) < 4.78 is 14.2. The summed E-state index contributed by atoms with van der Waals surface area (Å²) in [6.45, 7) is 4.45. The van der Waals surface area contributed by atoms with E-state index in [4.69, 9.17) is 9.47 Å². The van der Waals surface area contributed by atoms with Crippen LogP contribution in [-0.2, 0) is 5.41 Å². The normalized spacial score (nSPS) is 22.6. The van der Waals surface area contributed by atoms with E-state index in [0.717, 1.165) is 20.3 Å². The largest absolute Gasteiger partial charge is 0.493 e. The number of halogens is 2. The molecule has 0 saturated heterocycles. The quantitative estimate of drug-likeness (QED) is 0.536. The third kappa shape index (κ3) is 2.08. The highest BCUT2D eigenvalue weighted by Crippen LogP contribution is 2.56. The molecule has 2 aromatic carbocycles. The highest BCUT2D eigenvalue weighted by molar-refractivity contribution is 9.13. The maximum absolute atomic E-state index is 6.71. The van der Waals surface area contributed by atoms with E-state index in [0.29, 0.717) is 5.75 Å². The zero-order valence-corrected chi connectivity index (χ0v) is 17.7. The van der Waals surface area contributed by atoms with Crippen molar-refractivity contribution in [2.24, 2.45) is 0 Å². The fourth-order valence-corrected chi connectivity index (χ4v) is 4.85. The highest BCUT2D eigenvalue weighted by Gasteiger charge is 2.58. The number of anilines is 1. The standard InChI is InChI=1S/C20H19Br2NO2/c1-19(2)13-7-5-6-8-15(13)23(3)20(19)10-9-12-17(22)14(21)11-16(24-4)18(12)25-20/h5-11H,1-4H3. The first-order valence-electron chi connectivity index (χ1n) is 8.11. The van der Waals surface area contributed by atoms with Gasteiger partial charge in [-0.25, -0.2) is 0 Å². The van der Waals surface area contributed by atoms with Crippen LogP contribution in [0.25, 0.3) is 6.08 Å².